The molecule has 204 valence electrons. The topological polar surface area (TPSA) is 55.8 Å². The third kappa shape index (κ3) is 6.03. The summed E-state index contributed by atoms with van der Waals surface area (Å²) < 4.78 is 12.2. The lowest BCUT2D eigenvalue weighted by Crippen LogP contribution is -2.32. The molecule has 5 nitrogen and oxygen atoms in total. The number of aryl methyl sites for hydroxylation is 1. The molecule has 0 saturated carbocycles. The third-order valence-electron chi connectivity index (χ3n) is 6.78. The predicted octanol–water partition coefficient (Wildman–Crippen LogP) is 8.62. The van der Waals surface area contributed by atoms with Crippen molar-refractivity contribution < 1.29 is 19.1 Å². The molecule has 4 aromatic carbocycles. The van der Waals surface area contributed by atoms with Crippen molar-refractivity contribution in [1.29, 1.82) is 0 Å². The molecular formula is C33H30ClNO4S. The lowest BCUT2D eigenvalue weighted by molar-refractivity contribution is -0.123. The molecule has 0 aromatic heterocycles. The second kappa shape index (κ2) is 12.2. The zero-order valence-corrected chi connectivity index (χ0v) is 24.2. The van der Waals surface area contributed by atoms with Crippen LogP contribution in [0, 0.1) is 6.92 Å². The number of rotatable bonds is 9. The van der Waals surface area contributed by atoms with Gasteiger partial charge >= 0.3 is 0 Å². The molecule has 1 aliphatic heterocycles. The number of hydrogen-bond acceptors (Lipinski definition) is 5. The largest absolute Gasteiger partial charge is 0.491 e. The fourth-order valence-electron chi connectivity index (χ4n) is 4.64. The van der Waals surface area contributed by atoms with Gasteiger partial charge in [-0.2, -0.15) is 0 Å². The van der Waals surface area contributed by atoms with Crippen molar-refractivity contribution in [2.75, 3.05) is 13.2 Å². The highest BCUT2D eigenvalue weighted by atomic mass is 35.5. The number of hydrogen-bond donors (Lipinski definition) is 0. The standard InChI is InChI=1S/C33H30ClNO4S/c1-21(2)25-14-12-22(3)18-30(25)38-17-16-35-32(36)31(40-33(35)37)19-27-26-10-6-4-8-23(26)13-15-29(27)39-20-24-9-5-7-11-28(24)34/h4-15,18-19,21H,16-17,20H2,1-3H3/b31-19-. The highest BCUT2D eigenvalue weighted by molar-refractivity contribution is 8.18. The highest BCUT2D eigenvalue weighted by Crippen LogP contribution is 2.37. The number of benzene rings is 4. The van der Waals surface area contributed by atoms with Gasteiger partial charge in [0.15, 0.2) is 0 Å². The molecule has 5 rings (SSSR count). The lowest BCUT2D eigenvalue weighted by Gasteiger charge is -2.17. The Bertz CT molecular complexity index is 1610. The summed E-state index contributed by atoms with van der Waals surface area (Å²) >= 11 is 7.27. The van der Waals surface area contributed by atoms with Crippen LogP contribution in [0.1, 0.15) is 42.0 Å². The van der Waals surface area contributed by atoms with Gasteiger partial charge in [0.2, 0.25) is 0 Å². The molecule has 0 radical (unpaired) electrons. The molecule has 1 fully saturated rings. The Kier molecular flexibility index (Phi) is 8.48. The van der Waals surface area contributed by atoms with Gasteiger partial charge in [-0.3, -0.25) is 14.5 Å². The number of ether oxygens (including phenoxy) is 2. The van der Waals surface area contributed by atoms with Crippen molar-refractivity contribution in [3.63, 3.8) is 0 Å². The fourth-order valence-corrected chi connectivity index (χ4v) is 5.67. The SMILES string of the molecule is Cc1ccc(C(C)C)c(OCCN2C(=O)S/C(=C\c3c(OCc4ccccc4Cl)ccc4ccccc34)C2=O)c1. The summed E-state index contributed by atoms with van der Waals surface area (Å²) in [7, 11) is 0. The normalized spacial score (nSPS) is 14.5. The Morgan fingerprint density at radius 1 is 0.925 bits per heavy atom. The van der Waals surface area contributed by atoms with Gasteiger partial charge in [-0.15, -0.1) is 0 Å². The van der Waals surface area contributed by atoms with Gasteiger partial charge in [-0.25, -0.2) is 0 Å². The van der Waals surface area contributed by atoms with Crippen molar-refractivity contribution >= 4 is 51.4 Å². The zero-order valence-electron chi connectivity index (χ0n) is 22.6. The molecule has 0 aliphatic carbocycles. The van der Waals surface area contributed by atoms with Gasteiger partial charge in [0.05, 0.1) is 11.4 Å². The van der Waals surface area contributed by atoms with Crippen molar-refractivity contribution in [1.82, 2.24) is 4.90 Å². The number of thioether (sulfide) groups is 1. The van der Waals surface area contributed by atoms with E-state index in [9.17, 15) is 9.59 Å². The molecule has 1 aliphatic rings. The number of imide groups is 1. The number of carbonyl (C=O) groups is 2. The van der Waals surface area contributed by atoms with Crippen LogP contribution in [0.15, 0.2) is 83.8 Å². The van der Waals surface area contributed by atoms with Gasteiger partial charge < -0.3 is 9.47 Å². The summed E-state index contributed by atoms with van der Waals surface area (Å²) in [6, 6.07) is 25.4. The van der Waals surface area contributed by atoms with Crippen LogP contribution in [0.5, 0.6) is 11.5 Å². The number of nitrogens with zero attached hydrogens (tertiary/aromatic N) is 1. The van der Waals surface area contributed by atoms with E-state index in [1.165, 1.54) is 4.90 Å². The Morgan fingerprint density at radius 2 is 1.70 bits per heavy atom. The van der Waals surface area contributed by atoms with E-state index in [1.807, 2.05) is 73.7 Å². The Hall–Kier alpha value is -3.74. The summed E-state index contributed by atoms with van der Waals surface area (Å²) in [5.74, 6) is 1.35. The third-order valence-corrected chi connectivity index (χ3v) is 8.06. The Balaban J connectivity index is 1.37. The molecule has 4 aromatic rings. The van der Waals surface area contributed by atoms with Crippen LogP contribution >= 0.6 is 23.4 Å². The molecule has 40 heavy (non-hydrogen) atoms. The van der Waals surface area contributed by atoms with Gasteiger partial charge in [-0.05, 0) is 70.8 Å². The first-order valence-corrected chi connectivity index (χ1v) is 14.4. The minimum absolute atomic E-state index is 0.166. The van der Waals surface area contributed by atoms with Crippen LogP contribution in [-0.2, 0) is 11.4 Å². The quantitative estimate of drug-likeness (QED) is 0.188. The molecule has 1 heterocycles. The van der Waals surface area contributed by atoms with E-state index in [1.54, 1.807) is 6.08 Å². The fraction of sp³-hybridized carbons (Fsp3) is 0.212. The number of halogens is 1. The van der Waals surface area contributed by atoms with Crippen LogP contribution in [0.2, 0.25) is 5.02 Å². The average Bonchev–Trinajstić information content (AvgIpc) is 3.20. The maximum atomic E-state index is 13.4. The Labute approximate surface area is 243 Å². The average molecular weight is 572 g/mol. The van der Waals surface area contributed by atoms with Crippen molar-refractivity contribution in [3.8, 4) is 11.5 Å². The summed E-state index contributed by atoms with van der Waals surface area (Å²) in [5.41, 5.74) is 3.79. The first kappa shape index (κ1) is 27.8. The maximum Gasteiger partial charge on any atom is 0.293 e. The van der Waals surface area contributed by atoms with Crippen LogP contribution in [-0.4, -0.2) is 29.2 Å². The van der Waals surface area contributed by atoms with E-state index < -0.39 is 0 Å². The molecule has 0 atom stereocenters. The van der Waals surface area contributed by atoms with Gasteiger partial charge in [0.1, 0.15) is 24.7 Å². The molecule has 7 heteroatoms. The number of amides is 2. The van der Waals surface area contributed by atoms with Gasteiger partial charge in [-0.1, -0.05) is 86.1 Å². The molecule has 0 unspecified atom stereocenters. The first-order valence-electron chi connectivity index (χ1n) is 13.2. The summed E-state index contributed by atoms with van der Waals surface area (Å²) in [6.45, 7) is 6.89. The molecule has 0 bridgehead atoms. The second-order valence-corrected chi connectivity index (χ2v) is 11.4. The minimum atomic E-state index is -0.336. The van der Waals surface area contributed by atoms with Crippen LogP contribution < -0.4 is 9.47 Å². The van der Waals surface area contributed by atoms with E-state index in [2.05, 4.69) is 26.0 Å². The molecular weight excluding hydrogens is 542 g/mol. The molecule has 2 amide bonds. The van der Waals surface area contributed by atoms with Gasteiger partial charge in [0, 0.05) is 16.1 Å². The molecule has 0 spiro atoms. The zero-order chi connectivity index (χ0) is 28.2. The van der Waals surface area contributed by atoms with E-state index in [0.717, 1.165) is 50.5 Å². The lowest BCUT2D eigenvalue weighted by atomic mass is 10.0. The predicted molar refractivity (Wildman–Crippen MR) is 163 cm³/mol. The first-order chi connectivity index (χ1) is 19.3. The van der Waals surface area contributed by atoms with Gasteiger partial charge in [0.25, 0.3) is 11.1 Å². The smallest absolute Gasteiger partial charge is 0.293 e. The van der Waals surface area contributed by atoms with E-state index in [0.29, 0.717) is 21.6 Å². The summed E-state index contributed by atoms with van der Waals surface area (Å²) in [6.07, 6.45) is 1.76. The van der Waals surface area contributed by atoms with E-state index >= 15 is 0 Å². The number of carbonyl (C=O) groups excluding carboxylic acids is 2. The maximum absolute atomic E-state index is 13.4. The Morgan fingerprint density at radius 3 is 2.50 bits per heavy atom. The summed E-state index contributed by atoms with van der Waals surface area (Å²) in [4.78, 5) is 27.8. The highest BCUT2D eigenvalue weighted by Gasteiger charge is 2.35. The number of fused-ring (bicyclic) bond motifs is 1. The second-order valence-electron chi connectivity index (χ2n) is 9.96. The minimum Gasteiger partial charge on any atom is -0.491 e. The van der Waals surface area contributed by atoms with E-state index in [4.69, 9.17) is 21.1 Å². The van der Waals surface area contributed by atoms with Crippen LogP contribution in [0.3, 0.4) is 0 Å². The molecule has 1 saturated heterocycles. The van der Waals surface area contributed by atoms with E-state index in [-0.39, 0.29) is 30.9 Å². The van der Waals surface area contributed by atoms with Crippen molar-refractivity contribution in [2.45, 2.75) is 33.3 Å². The summed E-state index contributed by atoms with van der Waals surface area (Å²) in [5, 5.41) is 2.24. The van der Waals surface area contributed by atoms with Crippen LogP contribution in [0.25, 0.3) is 16.8 Å². The van der Waals surface area contributed by atoms with Crippen molar-refractivity contribution in [3.05, 3.63) is 111 Å². The molecule has 0 N–H and O–H groups in total. The van der Waals surface area contributed by atoms with Crippen LogP contribution in [0.4, 0.5) is 4.79 Å². The monoisotopic (exact) mass is 571 g/mol. The van der Waals surface area contributed by atoms with Crippen molar-refractivity contribution in [2.24, 2.45) is 0 Å².